The number of nitro benzene ring substituents is 1. The van der Waals surface area contributed by atoms with Crippen LogP contribution in [0.1, 0.15) is 20.8 Å². The topological polar surface area (TPSA) is 110 Å². The van der Waals surface area contributed by atoms with E-state index in [1.54, 1.807) is 68.1 Å². The van der Waals surface area contributed by atoms with E-state index in [0.717, 1.165) is 0 Å². The molecule has 10 heteroatoms. The predicted molar refractivity (Wildman–Crippen MR) is 133 cm³/mol. The molecule has 9 nitrogen and oxygen atoms in total. The number of anilines is 1. The fourth-order valence-corrected chi connectivity index (χ4v) is 5.80. The summed E-state index contributed by atoms with van der Waals surface area (Å²) in [5.74, 6) is 0. The summed E-state index contributed by atoms with van der Waals surface area (Å²) in [6.45, 7) is 7.00. The summed E-state index contributed by atoms with van der Waals surface area (Å²) >= 11 is 0. The summed E-state index contributed by atoms with van der Waals surface area (Å²) in [5, 5.41) is 13.0. The Morgan fingerprint density at radius 3 is 2.09 bits per heavy atom. The van der Waals surface area contributed by atoms with E-state index in [2.05, 4.69) is 0 Å². The fraction of sp³-hybridized carbons (Fsp3) is 0.320. The SMILES string of the molecule is CC(C)(C)OC(=O)N1CCN(c2cc([N+](=O)[O-])c(S(=O)(=O)c3ccccc3)c3ccccc23)CC1. The van der Waals surface area contributed by atoms with Gasteiger partial charge in [-0.05, 0) is 32.9 Å². The second-order valence-corrected chi connectivity index (χ2v) is 11.2. The van der Waals surface area contributed by atoms with Gasteiger partial charge in [0.15, 0.2) is 4.90 Å². The van der Waals surface area contributed by atoms with Gasteiger partial charge in [-0.1, -0.05) is 42.5 Å². The molecule has 0 aliphatic carbocycles. The van der Waals surface area contributed by atoms with Crippen LogP contribution in [-0.4, -0.2) is 56.1 Å². The van der Waals surface area contributed by atoms with Crippen molar-refractivity contribution in [2.24, 2.45) is 0 Å². The van der Waals surface area contributed by atoms with Crippen LogP contribution in [0.5, 0.6) is 0 Å². The van der Waals surface area contributed by atoms with Crippen molar-refractivity contribution in [3.05, 3.63) is 70.8 Å². The van der Waals surface area contributed by atoms with Crippen molar-refractivity contribution in [1.82, 2.24) is 4.90 Å². The number of nitrogens with zero attached hydrogens (tertiary/aromatic N) is 3. The maximum absolute atomic E-state index is 13.5. The van der Waals surface area contributed by atoms with Gasteiger partial charge in [-0.25, -0.2) is 13.2 Å². The van der Waals surface area contributed by atoms with E-state index < -0.39 is 32.1 Å². The lowest BCUT2D eigenvalue weighted by atomic mass is 10.1. The van der Waals surface area contributed by atoms with Crippen LogP contribution in [0.15, 0.2) is 70.5 Å². The molecule has 184 valence electrons. The maximum atomic E-state index is 13.5. The number of carbonyl (C=O) groups is 1. The van der Waals surface area contributed by atoms with Gasteiger partial charge >= 0.3 is 6.09 Å². The second-order valence-electron chi connectivity index (χ2n) is 9.32. The average Bonchev–Trinajstić information content (AvgIpc) is 2.82. The summed E-state index contributed by atoms with van der Waals surface area (Å²) in [7, 11) is -4.16. The first-order valence-corrected chi connectivity index (χ1v) is 12.7. The number of piperazine rings is 1. The number of hydrogen-bond donors (Lipinski definition) is 0. The van der Waals surface area contributed by atoms with Gasteiger partial charge in [-0.15, -0.1) is 0 Å². The summed E-state index contributed by atoms with van der Waals surface area (Å²) in [4.78, 5) is 27.1. The number of amides is 1. The van der Waals surface area contributed by atoms with Crippen LogP contribution in [0, 0.1) is 10.1 Å². The molecular weight excluding hydrogens is 470 g/mol. The zero-order valence-corrected chi connectivity index (χ0v) is 20.6. The fourth-order valence-electron chi connectivity index (χ4n) is 4.17. The first kappa shape index (κ1) is 24.5. The molecule has 3 aromatic rings. The highest BCUT2D eigenvalue weighted by Crippen LogP contribution is 2.41. The molecular formula is C25H27N3O6S. The highest BCUT2D eigenvalue weighted by molar-refractivity contribution is 7.91. The molecule has 1 aliphatic heterocycles. The number of hydrogen-bond acceptors (Lipinski definition) is 7. The third-order valence-corrected chi connectivity index (χ3v) is 7.60. The zero-order chi connectivity index (χ0) is 25.4. The minimum Gasteiger partial charge on any atom is -0.444 e. The molecule has 3 aromatic carbocycles. The van der Waals surface area contributed by atoms with E-state index in [1.807, 2.05) is 4.90 Å². The van der Waals surface area contributed by atoms with Gasteiger partial charge in [0, 0.05) is 43.0 Å². The number of benzene rings is 3. The molecule has 1 amide bonds. The lowest BCUT2D eigenvalue weighted by molar-refractivity contribution is -0.387. The number of nitro groups is 1. The highest BCUT2D eigenvalue weighted by atomic mass is 32.2. The van der Waals surface area contributed by atoms with E-state index in [0.29, 0.717) is 37.3 Å². The van der Waals surface area contributed by atoms with E-state index >= 15 is 0 Å². The molecule has 1 fully saturated rings. The largest absolute Gasteiger partial charge is 0.444 e. The average molecular weight is 498 g/mol. The van der Waals surface area contributed by atoms with E-state index in [4.69, 9.17) is 4.74 Å². The minimum atomic E-state index is -4.16. The van der Waals surface area contributed by atoms with Gasteiger partial charge in [0.25, 0.3) is 5.69 Å². The Labute approximate surface area is 204 Å². The molecule has 1 aliphatic rings. The Morgan fingerprint density at radius 2 is 1.51 bits per heavy atom. The number of fused-ring (bicyclic) bond motifs is 1. The van der Waals surface area contributed by atoms with Gasteiger partial charge in [-0.2, -0.15) is 0 Å². The first-order valence-electron chi connectivity index (χ1n) is 11.2. The lowest BCUT2D eigenvalue weighted by Gasteiger charge is -2.37. The molecule has 4 rings (SSSR count). The van der Waals surface area contributed by atoms with Crippen LogP contribution >= 0.6 is 0 Å². The molecule has 0 aromatic heterocycles. The molecule has 0 unspecified atom stereocenters. The minimum absolute atomic E-state index is 0.00743. The van der Waals surface area contributed by atoms with Crippen molar-refractivity contribution in [3.8, 4) is 0 Å². The third-order valence-electron chi connectivity index (χ3n) is 5.74. The summed E-state index contributed by atoms with van der Waals surface area (Å²) in [5.41, 5.74) is -0.522. The lowest BCUT2D eigenvalue weighted by Crippen LogP contribution is -2.50. The quantitative estimate of drug-likeness (QED) is 0.381. The molecule has 1 heterocycles. The maximum Gasteiger partial charge on any atom is 0.410 e. The third kappa shape index (κ3) is 4.93. The monoisotopic (exact) mass is 497 g/mol. The van der Waals surface area contributed by atoms with Gasteiger partial charge < -0.3 is 14.5 Å². The second kappa shape index (κ2) is 9.18. The van der Waals surface area contributed by atoms with Crippen LogP contribution in [-0.2, 0) is 14.6 Å². The van der Waals surface area contributed by atoms with E-state index in [1.165, 1.54) is 18.2 Å². The first-order chi connectivity index (χ1) is 16.5. The van der Waals surface area contributed by atoms with Crippen LogP contribution < -0.4 is 4.90 Å². The van der Waals surface area contributed by atoms with Crippen molar-refractivity contribution >= 4 is 38.1 Å². The Bertz CT molecular complexity index is 1380. The Morgan fingerprint density at radius 1 is 0.943 bits per heavy atom. The standard InChI is InChI=1S/C25H27N3O6S/c1-25(2,3)34-24(29)27-15-13-26(14-16-27)21-17-22(28(30)31)23(20-12-8-7-11-19(20)21)35(32,33)18-9-5-4-6-10-18/h4-12,17H,13-16H2,1-3H3. The van der Waals surface area contributed by atoms with Gasteiger partial charge in [0.05, 0.1) is 15.5 Å². The van der Waals surface area contributed by atoms with Crippen LogP contribution in [0.4, 0.5) is 16.2 Å². The summed E-state index contributed by atoms with van der Waals surface area (Å²) in [6, 6.07) is 15.8. The Kier molecular flexibility index (Phi) is 6.42. The van der Waals surface area contributed by atoms with Crippen LogP contribution in [0.25, 0.3) is 10.8 Å². The van der Waals surface area contributed by atoms with Gasteiger partial charge in [0.1, 0.15) is 5.60 Å². The number of rotatable bonds is 4. The zero-order valence-electron chi connectivity index (χ0n) is 19.8. The number of sulfone groups is 1. The number of ether oxygens (including phenoxy) is 1. The van der Waals surface area contributed by atoms with E-state index in [-0.39, 0.29) is 15.2 Å². The summed E-state index contributed by atoms with van der Waals surface area (Å²) < 4.78 is 32.5. The van der Waals surface area contributed by atoms with Crippen molar-refractivity contribution in [2.45, 2.75) is 36.2 Å². The molecule has 0 atom stereocenters. The normalized spacial score (nSPS) is 14.7. The predicted octanol–water partition coefficient (Wildman–Crippen LogP) is 4.64. The Hall–Kier alpha value is -3.66. The van der Waals surface area contributed by atoms with Gasteiger partial charge in [-0.3, -0.25) is 10.1 Å². The summed E-state index contributed by atoms with van der Waals surface area (Å²) in [6.07, 6.45) is -0.405. The smallest absolute Gasteiger partial charge is 0.410 e. The van der Waals surface area contributed by atoms with Crippen molar-refractivity contribution in [2.75, 3.05) is 31.1 Å². The number of carbonyl (C=O) groups excluding carboxylic acids is 1. The molecule has 0 N–H and O–H groups in total. The van der Waals surface area contributed by atoms with Gasteiger partial charge in [0.2, 0.25) is 9.84 Å². The van der Waals surface area contributed by atoms with Crippen LogP contribution in [0.2, 0.25) is 0 Å². The molecule has 0 radical (unpaired) electrons. The highest BCUT2D eigenvalue weighted by Gasteiger charge is 2.33. The molecule has 35 heavy (non-hydrogen) atoms. The van der Waals surface area contributed by atoms with Crippen molar-refractivity contribution in [1.29, 1.82) is 0 Å². The molecule has 1 saturated heterocycles. The molecule has 0 bridgehead atoms. The van der Waals surface area contributed by atoms with Crippen molar-refractivity contribution < 1.29 is 22.9 Å². The molecule has 0 spiro atoms. The molecule has 0 saturated carbocycles. The van der Waals surface area contributed by atoms with E-state index in [9.17, 15) is 23.3 Å². The Balaban J connectivity index is 1.76. The van der Waals surface area contributed by atoms with Crippen LogP contribution in [0.3, 0.4) is 0 Å². The van der Waals surface area contributed by atoms with Crippen molar-refractivity contribution in [3.63, 3.8) is 0 Å².